The molecule has 1 heterocycles. The summed E-state index contributed by atoms with van der Waals surface area (Å²) in [7, 11) is 3.05. The molecule has 0 aliphatic carbocycles. The lowest BCUT2D eigenvalue weighted by Gasteiger charge is -2.28. The summed E-state index contributed by atoms with van der Waals surface area (Å²) < 4.78 is 25.2. The van der Waals surface area contributed by atoms with Crippen LogP contribution in [0.4, 0.5) is 10.1 Å². The Morgan fingerprint density at radius 2 is 1.81 bits per heavy atom. The molecule has 192 valence electrons. The molecule has 0 aliphatic heterocycles. The number of hydrogen-bond acceptors (Lipinski definition) is 7. The second kappa shape index (κ2) is 12.1. The summed E-state index contributed by atoms with van der Waals surface area (Å²) in [4.78, 5) is 28.4. The molecule has 1 aromatic heterocycles. The van der Waals surface area contributed by atoms with Gasteiger partial charge in [0.05, 0.1) is 19.9 Å². The van der Waals surface area contributed by atoms with E-state index in [2.05, 4.69) is 20.7 Å². The van der Waals surface area contributed by atoms with E-state index >= 15 is 0 Å². The fourth-order valence-electron chi connectivity index (χ4n) is 3.55. The van der Waals surface area contributed by atoms with E-state index in [0.717, 1.165) is 16.1 Å². The Labute approximate surface area is 209 Å². The van der Waals surface area contributed by atoms with E-state index < -0.39 is 17.8 Å². The van der Waals surface area contributed by atoms with Crippen molar-refractivity contribution in [1.29, 1.82) is 0 Å². The number of carbonyl (C=O) groups is 2. The Kier molecular flexibility index (Phi) is 8.93. The first-order valence-electron chi connectivity index (χ1n) is 11.6. The van der Waals surface area contributed by atoms with E-state index in [4.69, 9.17) is 9.47 Å². The van der Waals surface area contributed by atoms with E-state index in [1.54, 1.807) is 31.2 Å². The third-order valence-electron chi connectivity index (χ3n) is 5.54. The van der Waals surface area contributed by atoms with E-state index in [1.807, 2.05) is 13.8 Å². The number of nitrogens with one attached hydrogen (secondary N) is 1. The number of aromatic nitrogens is 4. The van der Waals surface area contributed by atoms with Crippen molar-refractivity contribution >= 4 is 17.5 Å². The highest BCUT2D eigenvalue weighted by atomic mass is 19.1. The summed E-state index contributed by atoms with van der Waals surface area (Å²) in [6.45, 7) is 5.76. The number of hydrogen-bond donors (Lipinski definition) is 1. The first kappa shape index (κ1) is 26.6. The standard InChI is InChI=1S/C25H31FN6O4/c1-16(2)12-13-27-25(34)17(3)32(20-9-7-6-8-19(20)26)23(33)15-31-29-24(28-30-31)18-10-11-21(35-4)22(14-18)36-5/h6-11,14,16-17H,12-13,15H2,1-5H3,(H,27,34). The zero-order valence-electron chi connectivity index (χ0n) is 21.1. The van der Waals surface area contributed by atoms with E-state index in [1.165, 1.54) is 32.4 Å². The van der Waals surface area contributed by atoms with Gasteiger partial charge in [-0.2, -0.15) is 4.80 Å². The Morgan fingerprint density at radius 1 is 1.08 bits per heavy atom. The number of benzene rings is 2. The lowest BCUT2D eigenvalue weighted by Crippen LogP contribution is -2.50. The highest BCUT2D eigenvalue weighted by Gasteiger charge is 2.30. The summed E-state index contributed by atoms with van der Waals surface area (Å²) >= 11 is 0. The Hall–Kier alpha value is -4.02. The van der Waals surface area contributed by atoms with Crippen LogP contribution in [-0.4, -0.2) is 58.8 Å². The smallest absolute Gasteiger partial charge is 0.251 e. The SMILES string of the molecule is COc1ccc(-c2nnn(CC(=O)N(c3ccccc3F)C(C)C(=O)NCCC(C)C)n2)cc1OC. The molecule has 2 amide bonds. The molecule has 0 bridgehead atoms. The molecule has 36 heavy (non-hydrogen) atoms. The number of rotatable bonds is 11. The van der Waals surface area contributed by atoms with Crippen LogP contribution in [0.5, 0.6) is 11.5 Å². The highest BCUT2D eigenvalue weighted by molar-refractivity contribution is 6.00. The first-order chi connectivity index (χ1) is 17.2. The van der Waals surface area contributed by atoms with E-state index in [-0.39, 0.29) is 24.0 Å². The molecule has 3 aromatic rings. The molecule has 0 aliphatic rings. The van der Waals surface area contributed by atoms with Crippen LogP contribution in [0.3, 0.4) is 0 Å². The van der Waals surface area contributed by atoms with Crippen LogP contribution in [0.1, 0.15) is 27.2 Å². The van der Waals surface area contributed by atoms with Gasteiger partial charge < -0.3 is 14.8 Å². The van der Waals surface area contributed by atoms with Gasteiger partial charge in [-0.3, -0.25) is 14.5 Å². The van der Waals surface area contributed by atoms with E-state index in [0.29, 0.717) is 29.5 Å². The summed E-state index contributed by atoms with van der Waals surface area (Å²) in [6, 6.07) is 9.98. The van der Waals surface area contributed by atoms with Gasteiger partial charge >= 0.3 is 0 Å². The lowest BCUT2D eigenvalue weighted by molar-refractivity contribution is -0.126. The molecule has 0 radical (unpaired) electrons. The van der Waals surface area contributed by atoms with Crippen LogP contribution in [0, 0.1) is 11.7 Å². The van der Waals surface area contributed by atoms with Crippen molar-refractivity contribution in [3.8, 4) is 22.9 Å². The monoisotopic (exact) mass is 498 g/mol. The number of carbonyl (C=O) groups excluding carboxylic acids is 2. The molecule has 0 fully saturated rings. The molecule has 10 nitrogen and oxygen atoms in total. The molecular formula is C25H31FN6O4. The topological polar surface area (TPSA) is 111 Å². The predicted molar refractivity (Wildman–Crippen MR) is 132 cm³/mol. The number of tetrazole rings is 1. The largest absolute Gasteiger partial charge is 0.493 e. The highest BCUT2D eigenvalue weighted by Crippen LogP contribution is 2.30. The number of nitrogens with zero attached hydrogens (tertiary/aromatic N) is 5. The number of anilines is 1. The van der Waals surface area contributed by atoms with Crippen LogP contribution >= 0.6 is 0 Å². The van der Waals surface area contributed by atoms with Gasteiger partial charge in [-0.25, -0.2) is 4.39 Å². The molecule has 3 rings (SSSR count). The summed E-state index contributed by atoms with van der Waals surface area (Å²) in [6.07, 6.45) is 0.786. The number of ether oxygens (including phenoxy) is 2. The molecule has 2 aromatic carbocycles. The maximum atomic E-state index is 14.7. The molecule has 11 heteroatoms. The summed E-state index contributed by atoms with van der Waals surface area (Å²) in [5.74, 6) is 0.136. The molecule has 1 unspecified atom stereocenters. The van der Waals surface area contributed by atoms with Crippen LogP contribution in [0.15, 0.2) is 42.5 Å². The summed E-state index contributed by atoms with van der Waals surface area (Å²) in [5.41, 5.74) is 0.601. The zero-order chi connectivity index (χ0) is 26.2. The maximum absolute atomic E-state index is 14.7. The minimum absolute atomic E-state index is 0.00533. The fraction of sp³-hybridized carbons (Fsp3) is 0.400. The second-order valence-electron chi connectivity index (χ2n) is 8.58. The molecule has 1 N–H and O–H groups in total. The van der Waals surface area contributed by atoms with Crippen molar-refractivity contribution in [3.05, 3.63) is 48.3 Å². The van der Waals surface area contributed by atoms with Gasteiger partial charge in [0.1, 0.15) is 18.4 Å². The Balaban J connectivity index is 1.82. The predicted octanol–water partition coefficient (Wildman–Crippen LogP) is 3.08. The number of amides is 2. The van der Waals surface area contributed by atoms with Crippen LogP contribution in [-0.2, 0) is 16.1 Å². The average Bonchev–Trinajstić information content (AvgIpc) is 3.32. The first-order valence-corrected chi connectivity index (χ1v) is 11.6. The average molecular weight is 499 g/mol. The lowest BCUT2D eigenvalue weighted by atomic mass is 10.1. The van der Waals surface area contributed by atoms with Gasteiger partial charge in [0.25, 0.3) is 5.91 Å². The quantitative estimate of drug-likeness (QED) is 0.432. The van der Waals surface area contributed by atoms with Crippen LogP contribution in [0.2, 0.25) is 0 Å². The number of para-hydroxylation sites is 1. The van der Waals surface area contributed by atoms with Crippen molar-refractivity contribution in [2.45, 2.75) is 39.8 Å². The second-order valence-corrected chi connectivity index (χ2v) is 8.58. The van der Waals surface area contributed by atoms with Crippen LogP contribution < -0.4 is 19.7 Å². The van der Waals surface area contributed by atoms with Gasteiger partial charge in [0.15, 0.2) is 11.5 Å². The molecule has 1 atom stereocenters. The summed E-state index contributed by atoms with van der Waals surface area (Å²) in [5, 5.41) is 15.1. The molecule has 0 saturated carbocycles. The van der Waals surface area contributed by atoms with Crippen molar-refractivity contribution in [1.82, 2.24) is 25.5 Å². The van der Waals surface area contributed by atoms with Crippen molar-refractivity contribution < 1.29 is 23.5 Å². The third kappa shape index (κ3) is 6.35. The third-order valence-corrected chi connectivity index (χ3v) is 5.54. The van der Waals surface area contributed by atoms with E-state index in [9.17, 15) is 14.0 Å². The van der Waals surface area contributed by atoms with Gasteiger partial charge in [-0.1, -0.05) is 26.0 Å². The number of halogens is 1. The minimum atomic E-state index is -0.963. The van der Waals surface area contributed by atoms with Gasteiger partial charge in [-0.05, 0) is 54.8 Å². The Bertz CT molecular complexity index is 1200. The van der Waals surface area contributed by atoms with Crippen LogP contribution in [0.25, 0.3) is 11.4 Å². The minimum Gasteiger partial charge on any atom is -0.493 e. The van der Waals surface area contributed by atoms with Crippen molar-refractivity contribution in [2.75, 3.05) is 25.7 Å². The number of methoxy groups -OCH3 is 2. The zero-order valence-corrected chi connectivity index (χ0v) is 21.1. The fourth-order valence-corrected chi connectivity index (χ4v) is 3.55. The van der Waals surface area contributed by atoms with Gasteiger partial charge in [0, 0.05) is 12.1 Å². The van der Waals surface area contributed by atoms with Crippen molar-refractivity contribution in [3.63, 3.8) is 0 Å². The normalized spacial score (nSPS) is 11.8. The van der Waals surface area contributed by atoms with Gasteiger partial charge in [-0.15, -0.1) is 10.2 Å². The molecular weight excluding hydrogens is 467 g/mol. The maximum Gasteiger partial charge on any atom is 0.251 e. The van der Waals surface area contributed by atoms with Crippen molar-refractivity contribution in [2.24, 2.45) is 5.92 Å². The molecule has 0 saturated heterocycles. The van der Waals surface area contributed by atoms with Gasteiger partial charge in [0.2, 0.25) is 11.7 Å². The molecule has 0 spiro atoms. The Morgan fingerprint density at radius 3 is 2.47 bits per heavy atom.